The van der Waals surface area contributed by atoms with Crippen molar-refractivity contribution >= 4 is 66.8 Å². The highest BCUT2D eigenvalue weighted by molar-refractivity contribution is 7.17. The van der Waals surface area contributed by atoms with Gasteiger partial charge in [-0.2, -0.15) is 10.5 Å². The van der Waals surface area contributed by atoms with Crippen molar-refractivity contribution in [3.05, 3.63) is 117 Å². The molecule has 0 bridgehead atoms. The second kappa shape index (κ2) is 12.2. The van der Waals surface area contributed by atoms with E-state index in [-0.39, 0.29) is 24.2 Å². The highest BCUT2D eigenvalue weighted by Gasteiger charge is 2.13. The van der Waals surface area contributed by atoms with Gasteiger partial charge >= 0.3 is 0 Å². The van der Waals surface area contributed by atoms with Crippen LogP contribution >= 0.6 is 22.7 Å². The van der Waals surface area contributed by atoms with Crippen LogP contribution in [0.5, 0.6) is 0 Å². The van der Waals surface area contributed by atoms with Crippen LogP contribution in [0.3, 0.4) is 0 Å². The molecule has 2 aromatic heterocycles. The van der Waals surface area contributed by atoms with Gasteiger partial charge in [0.25, 0.3) is 11.8 Å². The maximum absolute atomic E-state index is 12.7. The number of hydrogen-bond acceptors (Lipinski definition) is 6. The number of fused-ring (bicyclic) bond motifs is 2. The first-order valence-corrected chi connectivity index (χ1v) is 14.1. The van der Waals surface area contributed by atoms with E-state index in [1.807, 2.05) is 95.7 Å². The molecule has 40 heavy (non-hydrogen) atoms. The van der Waals surface area contributed by atoms with Crippen LogP contribution in [0.25, 0.3) is 32.3 Å². The second-order valence-corrected chi connectivity index (χ2v) is 10.7. The summed E-state index contributed by atoms with van der Waals surface area (Å²) in [5.41, 5.74) is 3.37. The van der Waals surface area contributed by atoms with Crippen molar-refractivity contribution < 1.29 is 9.59 Å². The summed E-state index contributed by atoms with van der Waals surface area (Å²) >= 11 is 3.13. The Balaban J connectivity index is 1.21. The minimum Gasteiger partial charge on any atom is -0.347 e. The summed E-state index contributed by atoms with van der Waals surface area (Å²) in [6.45, 7) is 0.442. The normalized spacial score (nSPS) is 11.7. The molecule has 2 amide bonds. The Morgan fingerprint density at radius 1 is 0.675 bits per heavy atom. The number of hydrogen-bond donors (Lipinski definition) is 2. The predicted molar refractivity (Wildman–Crippen MR) is 161 cm³/mol. The quantitative estimate of drug-likeness (QED) is 0.166. The molecular weight excluding hydrogens is 537 g/mol. The molecule has 0 aliphatic rings. The number of carbonyl (C=O) groups excluding carboxylic acids is 2. The standard InChI is InChI=1S/C32H22N4O2S2/c33-15-23(13-25-19-39-29-10-3-1-8-27(25)29)31(37)35-17-21-6-5-7-22(12-21)18-36-32(38)24(16-34)14-26-20-40-30-11-4-2-9-28(26)30/h1-14,19-20H,17-18H2,(H,35,37)(H,36,38)/b23-13+,24-14+. The van der Waals surface area contributed by atoms with Gasteiger partial charge in [0.15, 0.2) is 0 Å². The molecule has 0 spiro atoms. The minimum absolute atomic E-state index is 0.0289. The Labute approximate surface area is 239 Å². The van der Waals surface area contributed by atoms with E-state index in [0.29, 0.717) is 0 Å². The van der Waals surface area contributed by atoms with Gasteiger partial charge in [0.05, 0.1) is 0 Å². The lowest BCUT2D eigenvalue weighted by molar-refractivity contribution is -0.118. The second-order valence-electron chi connectivity index (χ2n) is 8.90. The van der Waals surface area contributed by atoms with Gasteiger partial charge in [0.1, 0.15) is 23.3 Å². The molecule has 194 valence electrons. The molecule has 8 heteroatoms. The fourth-order valence-corrected chi connectivity index (χ4v) is 6.07. The molecule has 2 N–H and O–H groups in total. The lowest BCUT2D eigenvalue weighted by atomic mass is 10.1. The van der Waals surface area contributed by atoms with Crippen LogP contribution in [0, 0.1) is 22.7 Å². The third kappa shape index (κ3) is 6.00. The first kappa shape index (κ1) is 26.6. The molecule has 2 heterocycles. The van der Waals surface area contributed by atoms with Crippen molar-refractivity contribution in [3.8, 4) is 12.1 Å². The van der Waals surface area contributed by atoms with Crippen molar-refractivity contribution in [1.82, 2.24) is 10.6 Å². The Kier molecular flexibility index (Phi) is 8.13. The van der Waals surface area contributed by atoms with Crippen molar-refractivity contribution in [3.63, 3.8) is 0 Å². The van der Waals surface area contributed by atoms with Crippen LogP contribution in [0.1, 0.15) is 22.3 Å². The number of nitrogens with one attached hydrogen (secondary N) is 2. The molecule has 0 radical (unpaired) electrons. The van der Waals surface area contributed by atoms with Gasteiger partial charge in [-0.15, -0.1) is 22.7 Å². The molecule has 5 aromatic rings. The van der Waals surface area contributed by atoms with Crippen molar-refractivity contribution in [1.29, 1.82) is 10.5 Å². The Morgan fingerprint density at radius 2 is 1.12 bits per heavy atom. The Bertz CT molecular complexity index is 1750. The summed E-state index contributed by atoms with van der Waals surface area (Å²) in [6.07, 6.45) is 3.22. The maximum atomic E-state index is 12.7. The van der Waals surface area contributed by atoms with Crippen LogP contribution in [0.2, 0.25) is 0 Å². The van der Waals surface area contributed by atoms with Gasteiger partial charge < -0.3 is 10.6 Å². The van der Waals surface area contributed by atoms with Crippen LogP contribution in [-0.2, 0) is 22.7 Å². The van der Waals surface area contributed by atoms with Gasteiger partial charge in [-0.1, -0.05) is 60.7 Å². The van der Waals surface area contributed by atoms with Crippen molar-refractivity contribution in [2.75, 3.05) is 0 Å². The van der Waals surface area contributed by atoms with Gasteiger partial charge in [0, 0.05) is 22.5 Å². The average Bonchev–Trinajstić information content (AvgIpc) is 3.60. The fraction of sp³-hybridized carbons (Fsp3) is 0.0625. The predicted octanol–water partition coefficient (Wildman–Crippen LogP) is 6.56. The van der Waals surface area contributed by atoms with Crippen LogP contribution < -0.4 is 10.6 Å². The summed E-state index contributed by atoms with van der Waals surface area (Å²) in [6, 6.07) is 27.1. The Morgan fingerprint density at radius 3 is 1.57 bits per heavy atom. The molecule has 0 aliphatic carbocycles. The maximum Gasteiger partial charge on any atom is 0.262 e. The summed E-state index contributed by atoms with van der Waals surface area (Å²) in [5, 5.41) is 30.6. The SMILES string of the molecule is N#C/C(=C\c1csc2ccccc12)C(=O)NCc1cccc(CNC(=O)/C(C#N)=C/c2csc3ccccc23)c1. The van der Waals surface area contributed by atoms with E-state index < -0.39 is 11.8 Å². The lowest BCUT2D eigenvalue weighted by Gasteiger charge is -2.08. The topological polar surface area (TPSA) is 106 Å². The molecule has 0 atom stereocenters. The van der Waals surface area contributed by atoms with Crippen LogP contribution in [-0.4, -0.2) is 11.8 Å². The van der Waals surface area contributed by atoms with Gasteiger partial charge in [-0.25, -0.2) is 0 Å². The third-order valence-electron chi connectivity index (χ3n) is 6.25. The third-order valence-corrected chi connectivity index (χ3v) is 8.21. The zero-order valence-corrected chi connectivity index (χ0v) is 22.8. The molecule has 0 unspecified atom stereocenters. The molecule has 0 aliphatic heterocycles. The highest BCUT2D eigenvalue weighted by Crippen LogP contribution is 2.28. The summed E-state index contributed by atoms with van der Waals surface area (Å²) in [4.78, 5) is 25.5. The molecule has 0 fully saturated rings. The van der Waals surface area contributed by atoms with E-state index in [1.54, 1.807) is 34.8 Å². The zero-order chi connectivity index (χ0) is 27.9. The number of thiophene rings is 2. The van der Waals surface area contributed by atoms with E-state index in [4.69, 9.17) is 0 Å². The van der Waals surface area contributed by atoms with Gasteiger partial charge in [-0.3, -0.25) is 9.59 Å². The first-order valence-electron chi connectivity index (χ1n) is 12.4. The number of amides is 2. The van der Waals surface area contributed by atoms with E-state index in [2.05, 4.69) is 10.6 Å². The first-order chi connectivity index (χ1) is 19.6. The summed E-state index contributed by atoms with van der Waals surface area (Å²) in [5.74, 6) is -0.914. The van der Waals surface area contributed by atoms with Crippen molar-refractivity contribution in [2.24, 2.45) is 0 Å². The zero-order valence-electron chi connectivity index (χ0n) is 21.2. The van der Waals surface area contributed by atoms with E-state index in [1.165, 1.54) is 0 Å². The Hall–Kier alpha value is -5.02. The molecule has 5 rings (SSSR count). The number of rotatable bonds is 8. The largest absolute Gasteiger partial charge is 0.347 e. The van der Waals surface area contributed by atoms with Crippen LogP contribution in [0.4, 0.5) is 0 Å². The molecule has 0 saturated heterocycles. The number of carbonyl (C=O) groups is 2. The van der Waals surface area contributed by atoms with Gasteiger partial charge in [0.2, 0.25) is 0 Å². The number of nitriles is 2. The van der Waals surface area contributed by atoms with E-state index in [9.17, 15) is 20.1 Å². The number of nitrogens with zero attached hydrogens (tertiary/aromatic N) is 2. The smallest absolute Gasteiger partial charge is 0.262 e. The monoisotopic (exact) mass is 558 g/mol. The molecular formula is C32H22N4O2S2. The van der Waals surface area contributed by atoms with E-state index in [0.717, 1.165) is 42.4 Å². The van der Waals surface area contributed by atoms with Gasteiger partial charge in [-0.05, 0) is 68.1 Å². The molecule has 6 nitrogen and oxygen atoms in total. The van der Waals surface area contributed by atoms with Crippen LogP contribution in [0.15, 0.2) is 94.7 Å². The van der Waals surface area contributed by atoms with E-state index >= 15 is 0 Å². The lowest BCUT2D eigenvalue weighted by Crippen LogP contribution is -2.25. The molecule has 0 saturated carbocycles. The average molecular weight is 559 g/mol. The molecule has 3 aromatic carbocycles. The minimum atomic E-state index is -0.457. The highest BCUT2D eigenvalue weighted by atomic mass is 32.1. The summed E-state index contributed by atoms with van der Waals surface area (Å²) < 4.78 is 2.18. The van der Waals surface area contributed by atoms with Crippen molar-refractivity contribution in [2.45, 2.75) is 13.1 Å². The fourth-order valence-electron chi connectivity index (χ4n) is 4.23. The summed E-state index contributed by atoms with van der Waals surface area (Å²) in [7, 11) is 0. The number of benzene rings is 3.